The molecule has 132 valence electrons. The highest BCUT2D eigenvalue weighted by Gasteiger charge is 2.36. The number of benzene rings is 2. The van der Waals surface area contributed by atoms with Gasteiger partial charge in [0.1, 0.15) is 11.3 Å². The maximum absolute atomic E-state index is 13.3. The van der Waals surface area contributed by atoms with Crippen LogP contribution in [0, 0.1) is 11.7 Å². The van der Waals surface area contributed by atoms with Crippen molar-refractivity contribution < 1.29 is 14.3 Å². The lowest BCUT2D eigenvalue weighted by molar-refractivity contribution is 0.0235. The van der Waals surface area contributed by atoms with E-state index in [0.29, 0.717) is 29.4 Å². The van der Waals surface area contributed by atoms with Crippen LogP contribution in [0.1, 0.15) is 34.8 Å². The Morgan fingerprint density at radius 3 is 2.58 bits per heavy atom. The van der Waals surface area contributed by atoms with Crippen LogP contribution in [0.2, 0.25) is 0 Å². The molecule has 0 saturated heterocycles. The first-order valence-corrected chi connectivity index (χ1v) is 8.56. The zero-order chi connectivity index (χ0) is 18.1. The third kappa shape index (κ3) is 3.15. The Morgan fingerprint density at radius 1 is 1.12 bits per heavy atom. The average Bonchev–Trinajstić information content (AvgIpc) is 2.64. The van der Waals surface area contributed by atoms with Crippen molar-refractivity contribution in [3.8, 4) is 0 Å². The fraction of sp³-hybridized carbons (Fsp3) is 0.250. The molecule has 1 heterocycles. The van der Waals surface area contributed by atoms with E-state index in [0.717, 1.165) is 5.56 Å². The summed E-state index contributed by atoms with van der Waals surface area (Å²) >= 11 is 0. The van der Waals surface area contributed by atoms with Gasteiger partial charge in [0.05, 0.1) is 23.2 Å². The number of amides is 1. The minimum atomic E-state index is -0.344. The number of hydrogen-bond donors (Lipinski definition) is 2. The number of para-hydroxylation sites is 1. The Bertz CT molecular complexity index is 934. The molecule has 2 aromatic carbocycles. The quantitative estimate of drug-likeness (QED) is 0.758. The molecule has 0 radical (unpaired) electrons. The third-order valence-electron chi connectivity index (χ3n) is 4.88. The predicted octanol–water partition coefficient (Wildman–Crippen LogP) is 3.01. The number of aliphatic hydroxyl groups is 1. The van der Waals surface area contributed by atoms with Crippen LogP contribution < -0.4 is 5.32 Å². The number of nitrogens with zero attached hydrogens (tertiary/aromatic N) is 2. The summed E-state index contributed by atoms with van der Waals surface area (Å²) in [5.41, 5.74) is 2.46. The zero-order valence-electron chi connectivity index (χ0n) is 14.0. The molecule has 6 heteroatoms. The van der Waals surface area contributed by atoms with Crippen LogP contribution in [0.15, 0.2) is 54.9 Å². The highest BCUT2D eigenvalue weighted by molar-refractivity contribution is 6.04. The Hall–Kier alpha value is -2.86. The van der Waals surface area contributed by atoms with Gasteiger partial charge < -0.3 is 10.4 Å². The third-order valence-corrected chi connectivity index (χ3v) is 4.88. The van der Waals surface area contributed by atoms with Crippen molar-refractivity contribution in [2.45, 2.75) is 25.0 Å². The molecule has 5 nitrogen and oxygen atoms in total. The molecule has 26 heavy (non-hydrogen) atoms. The summed E-state index contributed by atoms with van der Waals surface area (Å²) in [7, 11) is 0. The predicted molar refractivity (Wildman–Crippen MR) is 94.9 cm³/mol. The van der Waals surface area contributed by atoms with E-state index >= 15 is 0 Å². The summed E-state index contributed by atoms with van der Waals surface area (Å²) in [5, 5.41) is 12.7. The molecule has 1 atom stereocenters. The van der Waals surface area contributed by atoms with Crippen LogP contribution in [0.25, 0.3) is 11.0 Å². The van der Waals surface area contributed by atoms with Crippen molar-refractivity contribution in [1.29, 1.82) is 0 Å². The Morgan fingerprint density at radius 2 is 1.85 bits per heavy atom. The second-order valence-electron chi connectivity index (χ2n) is 6.62. The lowest BCUT2D eigenvalue weighted by atomic mass is 9.75. The molecule has 1 unspecified atom stereocenters. The van der Waals surface area contributed by atoms with Crippen LogP contribution in [0.4, 0.5) is 4.39 Å². The zero-order valence-corrected chi connectivity index (χ0v) is 14.0. The molecule has 1 aromatic heterocycles. The summed E-state index contributed by atoms with van der Waals surface area (Å²) < 4.78 is 13.3. The highest BCUT2D eigenvalue weighted by atomic mass is 19.1. The van der Waals surface area contributed by atoms with Crippen molar-refractivity contribution in [3.63, 3.8) is 0 Å². The second-order valence-corrected chi connectivity index (χ2v) is 6.62. The van der Waals surface area contributed by atoms with Gasteiger partial charge in [0.2, 0.25) is 0 Å². The molecule has 1 saturated carbocycles. The van der Waals surface area contributed by atoms with Crippen LogP contribution in [-0.4, -0.2) is 27.1 Å². The van der Waals surface area contributed by atoms with Gasteiger partial charge in [0.25, 0.3) is 5.91 Å². The average molecular weight is 351 g/mol. The summed E-state index contributed by atoms with van der Waals surface area (Å²) in [5.74, 6) is -0.468. The van der Waals surface area contributed by atoms with Crippen LogP contribution in [0.5, 0.6) is 0 Å². The number of aliphatic hydroxyl groups excluding tert-OH is 1. The van der Waals surface area contributed by atoms with Gasteiger partial charge >= 0.3 is 0 Å². The SMILES string of the molecule is O=C(NC(c1ccc(F)cc1)C1CC(O)C1)c1cccc2nccnc12. The summed E-state index contributed by atoms with van der Waals surface area (Å²) in [6.07, 6.45) is 4.01. The first-order valence-electron chi connectivity index (χ1n) is 8.56. The number of carbonyl (C=O) groups excluding carboxylic acids is 1. The van der Waals surface area contributed by atoms with Crippen LogP contribution in [0.3, 0.4) is 0 Å². The minimum absolute atomic E-state index is 0.112. The fourth-order valence-corrected chi connectivity index (χ4v) is 3.44. The maximum atomic E-state index is 13.3. The minimum Gasteiger partial charge on any atom is -0.393 e. The van der Waals surface area contributed by atoms with E-state index in [4.69, 9.17) is 0 Å². The van der Waals surface area contributed by atoms with Gasteiger partial charge in [0.15, 0.2) is 0 Å². The van der Waals surface area contributed by atoms with Crippen molar-refractivity contribution >= 4 is 16.9 Å². The molecule has 0 bridgehead atoms. The molecule has 4 rings (SSSR count). The first kappa shape index (κ1) is 16.6. The molecule has 0 aliphatic heterocycles. The molecule has 1 amide bonds. The molecular formula is C20H18FN3O2. The molecular weight excluding hydrogens is 333 g/mol. The van der Waals surface area contributed by atoms with E-state index in [2.05, 4.69) is 15.3 Å². The molecule has 0 spiro atoms. The number of hydrogen-bond acceptors (Lipinski definition) is 4. The standard InChI is InChI=1S/C20H18FN3O2/c21-14-6-4-12(5-7-14)18(13-10-15(25)11-13)24-20(26)16-2-1-3-17-19(16)23-9-8-22-17/h1-9,13,15,18,25H,10-11H2,(H,24,26). The van der Waals surface area contributed by atoms with Crippen molar-refractivity contribution in [1.82, 2.24) is 15.3 Å². The van der Waals surface area contributed by atoms with E-state index in [-0.39, 0.29) is 29.8 Å². The summed E-state index contributed by atoms with van der Waals surface area (Å²) in [4.78, 5) is 21.4. The molecule has 1 fully saturated rings. The van der Waals surface area contributed by atoms with Crippen molar-refractivity contribution in [2.75, 3.05) is 0 Å². The van der Waals surface area contributed by atoms with Gasteiger partial charge in [-0.25, -0.2) is 4.39 Å². The monoisotopic (exact) mass is 351 g/mol. The van der Waals surface area contributed by atoms with Gasteiger partial charge in [-0.3, -0.25) is 14.8 Å². The number of carbonyl (C=O) groups is 1. The van der Waals surface area contributed by atoms with E-state index in [1.807, 2.05) is 0 Å². The Labute approximate surface area is 149 Å². The van der Waals surface area contributed by atoms with Gasteiger partial charge in [-0.15, -0.1) is 0 Å². The lowest BCUT2D eigenvalue weighted by Crippen LogP contribution is -2.41. The number of fused-ring (bicyclic) bond motifs is 1. The summed E-state index contributed by atoms with van der Waals surface area (Å²) in [6, 6.07) is 11.1. The molecule has 3 aromatic rings. The van der Waals surface area contributed by atoms with Gasteiger partial charge in [0, 0.05) is 12.4 Å². The second kappa shape index (κ2) is 6.80. The van der Waals surface area contributed by atoms with E-state index in [1.54, 1.807) is 42.7 Å². The number of aromatic nitrogens is 2. The number of halogens is 1. The highest BCUT2D eigenvalue weighted by Crippen LogP contribution is 2.38. The first-order chi connectivity index (χ1) is 12.6. The summed E-state index contributed by atoms with van der Waals surface area (Å²) in [6.45, 7) is 0. The largest absolute Gasteiger partial charge is 0.393 e. The van der Waals surface area contributed by atoms with E-state index < -0.39 is 0 Å². The maximum Gasteiger partial charge on any atom is 0.254 e. The molecule has 1 aliphatic rings. The molecule has 1 aliphatic carbocycles. The Balaban J connectivity index is 1.64. The van der Waals surface area contributed by atoms with Crippen LogP contribution in [-0.2, 0) is 0 Å². The normalized spacial score (nSPS) is 20.4. The topological polar surface area (TPSA) is 75.1 Å². The van der Waals surface area contributed by atoms with Crippen LogP contribution >= 0.6 is 0 Å². The van der Waals surface area contributed by atoms with Crippen molar-refractivity contribution in [2.24, 2.45) is 5.92 Å². The lowest BCUT2D eigenvalue weighted by Gasteiger charge is -2.38. The van der Waals surface area contributed by atoms with Crippen molar-refractivity contribution in [3.05, 3.63) is 71.8 Å². The fourth-order valence-electron chi connectivity index (χ4n) is 3.44. The smallest absolute Gasteiger partial charge is 0.254 e. The van der Waals surface area contributed by atoms with Gasteiger partial charge in [-0.2, -0.15) is 0 Å². The molecule has 2 N–H and O–H groups in total. The van der Waals surface area contributed by atoms with E-state index in [1.165, 1.54) is 12.1 Å². The number of nitrogens with one attached hydrogen (secondary N) is 1. The van der Waals surface area contributed by atoms with Gasteiger partial charge in [-0.1, -0.05) is 18.2 Å². The Kier molecular flexibility index (Phi) is 4.34. The van der Waals surface area contributed by atoms with Gasteiger partial charge in [-0.05, 0) is 48.6 Å². The number of rotatable bonds is 4. The van der Waals surface area contributed by atoms with E-state index in [9.17, 15) is 14.3 Å².